The van der Waals surface area contributed by atoms with E-state index >= 15 is 0 Å². The van der Waals surface area contributed by atoms with Crippen molar-refractivity contribution in [1.29, 1.82) is 0 Å². The van der Waals surface area contributed by atoms with Crippen LogP contribution in [0.4, 0.5) is 18.9 Å². The van der Waals surface area contributed by atoms with Crippen LogP contribution < -0.4 is 14.4 Å². The van der Waals surface area contributed by atoms with Crippen LogP contribution in [-0.2, 0) is 27.5 Å². The number of hydrogen-bond donors (Lipinski definition) is 1. The average molecular weight is 541 g/mol. The van der Waals surface area contributed by atoms with Crippen molar-refractivity contribution in [3.63, 3.8) is 0 Å². The first-order chi connectivity index (χ1) is 16.9. The fourth-order valence-corrected chi connectivity index (χ4v) is 4.92. The Morgan fingerprint density at radius 3 is 2.25 bits per heavy atom. The number of halogens is 4. The lowest BCUT2D eigenvalue weighted by molar-refractivity contribution is -0.137. The van der Waals surface area contributed by atoms with E-state index in [1.54, 1.807) is 30.3 Å². The molecule has 0 aliphatic carbocycles. The van der Waals surface area contributed by atoms with Gasteiger partial charge in [0.2, 0.25) is 5.91 Å². The Bertz CT molecular complexity index is 1300. The zero-order chi connectivity index (χ0) is 26.5. The van der Waals surface area contributed by atoms with Crippen molar-refractivity contribution >= 4 is 33.2 Å². The molecule has 0 aliphatic heterocycles. The third kappa shape index (κ3) is 6.92. The van der Waals surface area contributed by atoms with Gasteiger partial charge in [0.15, 0.2) is 0 Å². The minimum Gasteiger partial charge on any atom is -0.491 e. The molecule has 0 saturated heterocycles. The molecular weight excluding hydrogens is 517 g/mol. The van der Waals surface area contributed by atoms with Crippen LogP contribution in [0.5, 0.6) is 5.75 Å². The van der Waals surface area contributed by atoms with Gasteiger partial charge in [0.1, 0.15) is 12.3 Å². The second-order valence-electron chi connectivity index (χ2n) is 8.07. The highest BCUT2D eigenvalue weighted by molar-refractivity contribution is 7.92. The van der Waals surface area contributed by atoms with Gasteiger partial charge in [0, 0.05) is 6.54 Å². The summed E-state index contributed by atoms with van der Waals surface area (Å²) in [4.78, 5) is 12.6. The van der Waals surface area contributed by atoms with Gasteiger partial charge >= 0.3 is 6.18 Å². The van der Waals surface area contributed by atoms with E-state index in [2.05, 4.69) is 5.32 Å². The van der Waals surface area contributed by atoms with E-state index in [1.807, 2.05) is 13.8 Å². The molecule has 36 heavy (non-hydrogen) atoms. The van der Waals surface area contributed by atoms with Crippen LogP contribution in [0, 0.1) is 0 Å². The quantitative estimate of drug-likeness (QED) is 0.380. The number of alkyl halides is 3. The van der Waals surface area contributed by atoms with Crippen LogP contribution in [0.1, 0.15) is 25.0 Å². The summed E-state index contributed by atoms with van der Waals surface area (Å²) in [6.07, 6.45) is -4.82. The number of anilines is 1. The number of nitrogens with zero attached hydrogens (tertiary/aromatic N) is 1. The van der Waals surface area contributed by atoms with Crippen molar-refractivity contribution < 1.29 is 31.1 Å². The Kier molecular flexibility index (Phi) is 8.52. The zero-order valence-electron chi connectivity index (χ0n) is 19.4. The van der Waals surface area contributed by atoms with Crippen molar-refractivity contribution in [3.8, 4) is 5.75 Å². The lowest BCUT2D eigenvalue weighted by Crippen LogP contribution is -2.40. The summed E-state index contributed by atoms with van der Waals surface area (Å²) >= 11 is 5.70. The molecular formula is C25H24ClF3N2O4S. The van der Waals surface area contributed by atoms with Gasteiger partial charge in [-0.1, -0.05) is 41.9 Å². The smallest absolute Gasteiger partial charge is 0.417 e. The number of ether oxygens (including phenoxy) is 1. The van der Waals surface area contributed by atoms with E-state index in [-0.39, 0.29) is 23.2 Å². The van der Waals surface area contributed by atoms with Crippen LogP contribution in [0.25, 0.3) is 0 Å². The number of sulfonamides is 1. The molecule has 6 nitrogen and oxygen atoms in total. The van der Waals surface area contributed by atoms with Crippen molar-refractivity contribution in [1.82, 2.24) is 5.32 Å². The summed E-state index contributed by atoms with van der Waals surface area (Å²) in [5.74, 6) is -0.0519. The fourth-order valence-electron chi connectivity index (χ4n) is 3.27. The highest BCUT2D eigenvalue weighted by atomic mass is 35.5. The summed E-state index contributed by atoms with van der Waals surface area (Å²) in [5.41, 5.74) is -0.831. The molecule has 0 radical (unpaired) electrons. The summed E-state index contributed by atoms with van der Waals surface area (Å²) in [7, 11) is -4.38. The molecule has 0 fully saturated rings. The third-order valence-electron chi connectivity index (χ3n) is 4.95. The second-order valence-corrected chi connectivity index (χ2v) is 10.3. The average Bonchev–Trinajstić information content (AvgIpc) is 2.82. The number of benzene rings is 3. The molecule has 0 heterocycles. The van der Waals surface area contributed by atoms with E-state index in [0.29, 0.717) is 16.1 Å². The van der Waals surface area contributed by atoms with Crippen molar-refractivity contribution in [3.05, 3.63) is 88.9 Å². The molecule has 0 saturated carbocycles. The molecule has 1 N–H and O–H groups in total. The zero-order valence-corrected chi connectivity index (χ0v) is 21.0. The molecule has 0 unspecified atom stereocenters. The van der Waals surface area contributed by atoms with Gasteiger partial charge in [-0.05, 0) is 61.9 Å². The normalized spacial score (nSPS) is 11.9. The first-order valence-electron chi connectivity index (χ1n) is 10.8. The number of nitrogens with one attached hydrogen (secondary N) is 1. The second kappa shape index (κ2) is 11.2. The summed E-state index contributed by atoms with van der Waals surface area (Å²) in [5, 5.41) is 2.02. The maximum Gasteiger partial charge on any atom is 0.417 e. The fraction of sp³-hybridized carbons (Fsp3) is 0.240. The summed E-state index contributed by atoms with van der Waals surface area (Å²) in [6, 6.07) is 16.8. The van der Waals surface area contributed by atoms with Crippen LogP contribution in [0.3, 0.4) is 0 Å². The number of amides is 1. The molecule has 3 aromatic carbocycles. The molecule has 0 aliphatic rings. The monoisotopic (exact) mass is 540 g/mol. The van der Waals surface area contributed by atoms with E-state index in [9.17, 15) is 26.4 Å². The van der Waals surface area contributed by atoms with Gasteiger partial charge in [-0.15, -0.1) is 0 Å². The molecule has 0 bridgehead atoms. The molecule has 1 amide bonds. The van der Waals surface area contributed by atoms with Gasteiger partial charge in [-0.2, -0.15) is 13.2 Å². The van der Waals surface area contributed by atoms with Crippen molar-refractivity contribution in [2.75, 3.05) is 10.8 Å². The maximum absolute atomic E-state index is 13.4. The summed E-state index contributed by atoms with van der Waals surface area (Å²) in [6.45, 7) is 3.11. The predicted molar refractivity (Wildman–Crippen MR) is 131 cm³/mol. The van der Waals surface area contributed by atoms with Gasteiger partial charge in [-0.25, -0.2) is 8.42 Å². The van der Waals surface area contributed by atoms with Gasteiger partial charge in [0.05, 0.1) is 27.3 Å². The molecule has 0 aromatic heterocycles. The SMILES string of the molecule is CC(C)Oc1ccc(CNC(=O)CN(c2ccc(Cl)c(C(F)(F)F)c2)S(=O)(=O)c2ccccc2)cc1. The molecule has 3 rings (SSSR count). The van der Waals surface area contributed by atoms with E-state index < -0.39 is 39.2 Å². The topological polar surface area (TPSA) is 75.7 Å². The molecule has 11 heteroatoms. The first-order valence-corrected chi connectivity index (χ1v) is 12.7. The Morgan fingerprint density at radius 1 is 1.03 bits per heavy atom. The van der Waals surface area contributed by atoms with Gasteiger partial charge in [0.25, 0.3) is 10.0 Å². The standard InChI is InChI=1S/C25H24ClF3N2O4S/c1-17(2)35-20-11-8-18(9-12-20)15-30-24(32)16-31(36(33,34)21-6-4-3-5-7-21)19-10-13-23(26)22(14-19)25(27,28)29/h3-14,17H,15-16H2,1-2H3,(H,30,32). The number of rotatable bonds is 9. The molecule has 0 atom stereocenters. The third-order valence-corrected chi connectivity index (χ3v) is 7.06. The van der Waals surface area contributed by atoms with Crippen molar-refractivity contribution in [2.24, 2.45) is 0 Å². The molecule has 0 spiro atoms. The molecule has 3 aromatic rings. The van der Waals surface area contributed by atoms with E-state index in [4.69, 9.17) is 16.3 Å². The van der Waals surface area contributed by atoms with Crippen LogP contribution >= 0.6 is 11.6 Å². The minimum absolute atomic E-state index is 0.00108. The predicted octanol–water partition coefficient (Wildman–Crippen LogP) is 5.66. The Morgan fingerprint density at radius 2 is 1.67 bits per heavy atom. The lowest BCUT2D eigenvalue weighted by Gasteiger charge is -2.25. The highest BCUT2D eigenvalue weighted by Crippen LogP contribution is 2.38. The van der Waals surface area contributed by atoms with Crippen LogP contribution in [0.15, 0.2) is 77.7 Å². The number of carbonyl (C=O) groups excluding carboxylic acids is 1. The van der Waals surface area contributed by atoms with Crippen molar-refractivity contribution in [2.45, 2.75) is 37.6 Å². The van der Waals surface area contributed by atoms with Crippen LogP contribution in [-0.4, -0.2) is 27.0 Å². The highest BCUT2D eigenvalue weighted by Gasteiger charge is 2.35. The van der Waals surface area contributed by atoms with E-state index in [1.165, 1.54) is 24.3 Å². The Hall–Kier alpha value is -3.24. The van der Waals surface area contributed by atoms with E-state index in [0.717, 1.165) is 17.7 Å². The summed E-state index contributed by atoms with van der Waals surface area (Å²) < 4.78 is 73.2. The largest absolute Gasteiger partial charge is 0.491 e. The maximum atomic E-state index is 13.4. The number of hydrogen-bond acceptors (Lipinski definition) is 4. The van der Waals surface area contributed by atoms with Gasteiger partial charge < -0.3 is 10.1 Å². The Balaban J connectivity index is 1.86. The van der Waals surface area contributed by atoms with Gasteiger partial charge in [-0.3, -0.25) is 9.10 Å². The molecule has 192 valence electrons. The lowest BCUT2D eigenvalue weighted by atomic mass is 10.2. The first kappa shape index (κ1) is 27.3. The number of carbonyl (C=O) groups is 1. The minimum atomic E-state index is -4.82. The Labute approximate surface area is 212 Å². The van der Waals surface area contributed by atoms with Crippen LogP contribution in [0.2, 0.25) is 5.02 Å².